The number of nitrogens with two attached hydrogens (primary N) is 1. The Labute approximate surface area is 102 Å². The zero-order valence-corrected chi connectivity index (χ0v) is 10.7. The Morgan fingerprint density at radius 2 is 2.12 bits per heavy atom. The number of aryl methyl sites for hydroxylation is 1. The number of nitrogens with one attached hydrogen (secondary N) is 2. The van der Waals surface area contributed by atoms with Crippen molar-refractivity contribution in [1.82, 2.24) is 9.97 Å². The predicted molar refractivity (Wildman–Crippen MR) is 69.6 cm³/mol. The van der Waals surface area contributed by atoms with Gasteiger partial charge in [-0.05, 0) is 31.1 Å². The Kier molecular flexibility index (Phi) is 3.19. The van der Waals surface area contributed by atoms with Gasteiger partial charge in [0.2, 0.25) is 5.95 Å². The maximum Gasteiger partial charge on any atom is 0.239 e. The smallest absolute Gasteiger partial charge is 0.239 e. The molecule has 0 radical (unpaired) electrons. The Hall–Kier alpha value is -1.36. The fourth-order valence-electron chi connectivity index (χ4n) is 2.11. The van der Waals surface area contributed by atoms with Crippen LogP contribution >= 0.6 is 0 Å². The summed E-state index contributed by atoms with van der Waals surface area (Å²) < 4.78 is 0. The van der Waals surface area contributed by atoms with Gasteiger partial charge in [0.25, 0.3) is 0 Å². The van der Waals surface area contributed by atoms with Gasteiger partial charge in [0, 0.05) is 18.3 Å². The maximum atomic E-state index is 5.33. The van der Waals surface area contributed by atoms with Crippen LogP contribution in [0.15, 0.2) is 6.07 Å². The van der Waals surface area contributed by atoms with Crippen molar-refractivity contribution >= 4 is 11.8 Å². The summed E-state index contributed by atoms with van der Waals surface area (Å²) in [6, 6.07) is 1.94. The van der Waals surface area contributed by atoms with Gasteiger partial charge >= 0.3 is 0 Å². The summed E-state index contributed by atoms with van der Waals surface area (Å²) in [5.41, 5.74) is 3.86. The summed E-state index contributed by atoms with van der Waals surface area (Å²) in [5.74, 6) is 7.35. The molecule has 1 aromatic heterocycles. The van der Waals surface area contributed by atoms with Crippen molar-refractivity contribution in [3.05, 3.63) is 11.8 Å². The summed E-state index contributed by atoms with van der Waals surface area (Å²) >= 11 is 0. The second-order valence-corrected chi connectivity index (χ2v) is 5.23. The van der Waals surface area contributed by atoms with E-state index < -0.39 is 0 Å². The molecule has 2 rings (SSSR count). The summed E-state index contributed by atoms with van der Waals surface area (Å²) in [4.78, 5) is 8.44. The van der Waals surface area contributed by atoms with Crippen molar-refractivity contribution in [2.24, 2.45) is 17.2 Å². The molecule has 1 saturated carbocycles. The highest BCUT2D eigenvalue weighted by Crippen LogP contribution is 2.51. The van der Waals surface area contributed by atoms with E-state index in [1.165, 1.54) is 12.8 Å². The molecule has 0 aliphatic heterocycles. The van der Waals surface area contributed by atoms with Gasteiger partial charge < -0.3 is 5.32 Å². The molecule has 17 heavy (non-hydrogen) atoms. The first kappa shape index (κ1) is 12.1. The number of nitrogen functional groups attached to an aromatic ring is 1. The minimum Gasteiger partial charge on any atom is -0.369 e. The first-order valence-electron chi connectivity index (χ1n) is 6.12. The minimum atomic E-state index is 0.460. The standard InChI is InChI=1S/C12H21N5/c1-8(2)12(4-5-12)7-14-10-6-9(3)15-11(16-10)17-13/h6,8H,4-5,7,13H2,1-3H3,(H2,14,15,16,17). The van der Waals surface area contributed by atoms with E-state index in [9.17, 15) is 0 Å². The third kappa shape index (κ3) is 2.66. The lowest BCUT2D eigenvalue weighted by atomic mass is 9.92. The van der Waals surface area contributed by atoms with Crippen LogP contribution < -0.4 is 16.6 Å². The Morgan fingerprint density at radius 1 is 1.41 bits per heavy atom. The van der Waals surface area contributed by atoms with Gasteiger partial charge in [-0.1, -0.05) is 13.8 Å². The van der Waals surface area contributed by atoms with Gasteiger partial charge in [-0.15, -0.1) is 0 Å². The van der Waals surface area contributed by atoms with Gasteiger partial charge in [0.15, 0.2) is 0 Å². The van der Waals surface area contributed by atoms with Crippen LogP contribution in [0.3, 0.4) is 0 Å². The van der Waals surface area contributed by atoms with Gasteiger partial charge in [-0.2, -0.15) is 4.98 Å². The fourth-order valence-corrected chi connectivity index (χ4v) is 2.11. The molecule has 94 valence electrons. The van der Waals surface area contributed by atoms with Crippen LogP contribution in [-0.2, 0) is 0 Å². The third-order valence-electron chi connectivity index (χ3n) is 3.72. The number of aromatic nitrogens is 2. The fraction of sp³-hybridized carbons (Fsp3) is 0.667. The number of nitrogens with zero attached hydrogens (tertiary/aromatic N) is 2. The van der Waals surface area contributed by atoms with Crippen molar-refractivity contribution in [2.75, 3.05) is 17.3 Å². The molecule has 5 nitrogen and oxygen atoms in total. The highest BCUT2D eigenvalue weighted by atomic mass is 15.3. The maximum absolute atomic E-state index is 5.33. The lowest BCUT2D eigenvalue weighted by Gasteiger charge is -2.20. The van der Waals surface area contributed by atoms with E-state index >= 15 is 0 Å². The molecule has 5 heteroatoms. The molecular formula is C12H21N5. The van der Waals surface area contributed by atoms with Crippen molar-refractivity contribution in [3.8, 4) is 0 Å². The summed E-state index contributed by atoms with van der Waals surface area (Å²) in [6.07, 6.45) is 2.62. The zero-order chi connectivity index (χ0) is 12.5. The Balaban J connectivity index is 2.02. The van der Waals surface area contributed by atoms with Gasteiger partial charge in [0.1, 0.15) is 5.82 Å². The molecular weight excluding hydrogens is 214 g/mol. The molecule has 0 aromatic carbocycles. The highest BCUT2D eigenvalue weighted by molar-refractivity contribution is 5.42. The number of hydrogen-bond donors (Lipinski definition) is 3. The third-order valence-corrected chi connectivity index (χ3v) is 3.72. The van der Waals surface area contributed by atoms with E-state index in [-0.39, 0.29) is 0 Å². The largest absolute Gasteiger partial charge is 0.369 e. The van der Waals surface area contributed by atoms with Crippen molar-refractivity contribution in [3.63, 3.8) is 0 Å². The number of anilines is 2. The molecule has 0 amide bonds. The molecule has 1 aliphatic carbocycles. The van der Waals surface area contributed by atoms with Crippen LogP contribution in [0.1, 0.15) is 32.4 Å². The summed E-state index contributed by atoms with van der Waals surface area (Å²) in [5, 5.41) is 3.40. The first-order chi connectivity index (χ1) is 8.05. The van der Waals surface area contributed by atoms with E-state index in [1.54, 1.807) is 0 Å². The predicted octanol–water partition coefficient (Wildman–Crippen LogP) is 1.92. The molecule has 1 fully saturated rings. The van der Waals surface area contributed by atoms with E-state index in [1.807, 2.05) is 13.0 Å². The van der Waals surface area contributed by atoms with Crippen LogP contribution in [0.5, 0.6) is 0 Å². The van der Waals surface area contributed by atoms with Crippen molar-refractivity contribution < 1.29 is 0 Å². The monoisotopic (exact) mass is 235 g/mol. The van der Waals surface area contributed by atoms with Gasteiger partial charge in [-0.25, -0.2) is 10.8 Å². The van der Waals surface area contributed by atoms with Crippen LogP contribution in [0.2, 0.25) is 0 Å². The van der Waals surface area contributed by atoms with Gasteiger partial charge in [-0.3, -0.25) is 5.43 Å². The zero-order valence-electron chi connectivity index (χ0n) is 10.7. The van der Waals surface area contributed by atoms with E-state index in [2.05, 4.69) is 34.6 Å². The second-order valence-electron chi connectivity index (χ2n) is 5.23. The first-order valence-corrected chi connectivity index (χ1v) is 6.12. The minimum absolute atomic E-state index is 0.460. The molecule has 0 spiro atoms. The number of hydrazine groups is 1. The highest BCUT2D eigenvalue weighted by Gasteiger charge is 2.44. The molecule has 1 heterocycles. The molecule has 0 unspecified atom stereocenters. The van der Waals surface area contributed by atoms with Crippen LogP contribution in [-0.4, -0.2) is 16.5 Å². The average molecular weight is 235 g/mol. The summed E-state index contributed by atoms with van der Waals surface area (Å²) in [6.45, 7) is 7.48. The SMILES string of the molecule is Cc1cc(NCC2(C(C)C)CC2)nc(NN)n1. The Morgan fingerprint density at radius 3 is 2.65 bits per heavy atom. The summed E-state index contributed by atoms with van der Waals surface area (Å²) in [7, 11) is 0. The van der Waals surface area contributed by atoms with Crippen molar-refractivity contribution in [1.29, 1.82) is 0 Å². The molecule has 0 atom stereocenters. The average Bonchev–Trinajstić information content (AvgIpc) is 3.06. The van der Waals surface area contributed by atoms with Crippen LogP contribution in [0, 0.1) is 18.3 Å². The Bertz CT molecular complexity index is 398. The normalized spacial score (nSPS) is 17.0. The molecule has 4 N–H and O–H groups in total. The van der Waals surface area contributed by atoms with Gasteiger partial charge in [0.05, 0.1) is 0 Å². The van der Waals surface area contributed by atoms with E-state index in [4.69, 9.17) is 5.84 Å². The van der Waals surface area contributed by atoms with E-state index in [0.717, 1.165) is 18.1 Å². The van der Waals surface area contributed by atoms with Crippen molar-refractivity contribution in [2.45, 2.75) is 33.6 Å². The van der Waals surface area contributed by atoms with Crippen LogP contribution in [0.4, 0.5) is 11.8 Å². The topological polar surface area (TPSA) is 75.9 Å². The number of rotatable bonds is 5. The lowest BCUT2D eigenvalue weighted by molar-refractivity contribution is 0.380. The quantitative estimate of drug-likeness (QED) is 0.537. The molecule has 1 aromatic rings. The molecule has 0 bridgehead atoms. The van der Waals surface area contributed by atoms with Crippen LogP contribution in [0.25, 0.3) is 0 Å². The molecule has 1 aliphatic rings. The lowest BCUT2D eigenvalue weighted by Crippen LogP contribution is -2.22. The second kappa shape index (κ2) is 4.49. The number of hydrogen-bond acceptors (Lipinski definition) is 5. The van der Waals surface area contributed by atoms with E-state index in [0.29, 0.717) is 17.3 Å². The molecule has 0 saturated heterocycles.